The van der Waals surface area contributed by atoms with Crippen molar-refractivity contribution in [3.8, 4) is 0 Å². The number of nitrogens with one attached hydrogen (secondary N) is 1. The number of nitrogens with two attached hydrogens (primary N) is 1. The number of nitrogens with zero attached hydrogens (tertiary/aromatic N) is 2. The summed E-state index contributed by atoms with van der Waals surface area (Å²) >= 11 is 0. The fourth-order valence-corrected chi connectivity index (χ4v) is 3.69. The van der Waals surface area contributed by atoms with E-state index in [4.69, 9.17) is 5.73 Å². The van der Waals surface area contributed by atoms with Gasteiger partial charge in [0.05, 0.1) is 24.1 Å². The van der Waals surface area contributed by atoms with Crippen LogP contribution in [0.15, 0.2) is 54.9 Å². The molecule has 0 unspecified atom stereocenters. The number of aromatic nitrogens is 2. The number of amides is 1. The van der Waals surface area contributed by atoms with Gasteiger partial charge in [-0.2, -0.15) is 0 Å². The highest BCUT2D eigenvalue weighted by molar-refractivity contribution is 5.76. The van der Waals surface area contributed by atoms with E-state index >= 15 is 0 Å². The number of fused-ring (bicyclic) bond motifs is 1. The lowest BCUT2D eigenvalue weighted by atomic mass is 10.0. The normalized spacial score (nSPS) is 13.0. The molecule has 3 N–H and O–H groups in total. The van der Waals surface area contributed by atoms with Crippen LogP contribution in [-0.2, 0) is 30.6 Å². The van der Waals surface area contributed by atoms with Gasteiger partial charge in [0, 0.05) is 25.2 Å². The summed E-state index contributed by atoms with van der Waals surface area (Å²) in [5.74, 6) is -0.335. The van der Waals surface area contributed by atoms with E-state index in [9.17, 15) is 4.79 Å². The Bertz CT molecular complexity index is 946. The zero-order chi connectivity index (χ0) is 18.6. The molecule has 1 aliphatic rings. The maximum absolute atomic E-state index is 11.6. The molecule has 5 heteroatoms. The number of imidazole rings is 1. The first-order valence-corrected chi connectivity index (χ1v) is 9.40. The maximum Gasteiger partial charge on any atom is 0.223 e. The summed E-state index contributed by atoms with van der Waals surface area (Å²) in [7, 11) is 0. The molecule has 0 saturated heterocycles. The number of hydrogen-bond acceptors (Lipinski definition) is 3. The van der Waals surface area contributed by atoms with Crippen molar-refractivity contribution in [3.05, 3.63) is 82.9 Å². The summed E-state index contributed by atoms with van der Waals surface area (Å²) in [6.45, 7) is 1.70. The lowest BCUT2D eigenvalue weighted by Crippen LogP contribution is -2.18. The molecule has 0 saturated carbocycles. The molecule has 5 nitrogen and oxygen atoms in total. The number of rotatable bonds is 6. The average molecular weight is 360 g/mol. The molecule has 0 radical (unpaired) electrons. The van der Waals surface area contributed by atoms with Crippen LogP contribution >= 0.6 is 0 Å². The van der Waals surface area contributed by atoms with Crippen LogP contribution in [0.25, 0.3) is 0 Å². The van der Waals surface area contributed by atoms with Crippen LogP contribution in [0.5, 0.6) is 0 Å². The van der Waals surface area contributed by atoms with Crippen molar-refractivity contribution in [1.82, 2.24) is 9.55 Å². The second-order valence-electron chi connectivity index (χ2n) is 7.09. The second-order valence-corrected chi connectivity index (χ2v) is 7.09. The zero-order valence-electron chi connectivity index (χ0n) is 15.3. The molecule has 0 bridgehead atoms. The Kier molecular flexibility index (Phi) is 4.92. The van der Waals surface area contributed by atoms with E-state index in [2.05, 4.69) is 40.6 Å². The highest BCUT2D eigenvalue weighted by atomic mass is 16.1. The first kappa shape index (κ1) is 17.3. The molecule has 2 aromatic carbocycles. The Labute approximate surface area is 159 Å². The minimum absolute atomic E-state index is 0.200. The van der Waals surface area contributed by atoms with E-state index < -0.39 is 0 Å². The van der Waals surface area contributed by atoms with Gasteiger partial charge in [-0.25, -0.2) is 4.98 Å². The molecule has 1 aromatic heterocycles. The highest BCUT2D eigenvalue weighted by Crippen LogP contribution is 2.24. The molecule has 4 rings (SSSR count). The third-order valence-corrected chi connectivity index (χ3v) is 5.05. The van der Waals surface area contributed by atoms with E-state index in [-0.39, 0.29) is 12.3 Å². The molecule has 1 aliphatic heterocycles. The molecular formula is C22H24N4O. The summed E-state index contributed by atoms with van der Waals surface area (Å²) in [6, 6.07) is 16.7. The van der Waals surface area contributed by atoms with Gasteiger partial charge in [0.15, 0.2) is 0 Å². The molecule has 2 heterocycles. The Morgan fingerprint density at radius 3 is 2.81 bits per heavy atom. The van der Waals surface area contributed by atoms with E-state index in [1.807, 2.05) is 29.1 Å². The predicted octanol–water partition coefficient (Wildman–Crippen LogP) is 2.91. The molecule has 138 valence electrons. The van der Waals surface area contributed by atoms with Gasteiger partial charge in [-0.3, -0.25) is 4.79 Å². The van der Waals surface area contributed by atoms with Crippen molar-refractivity contribution in [3.63, 3.8) is 0 Å². The van der Waals surface area contributed by atoms with Crippen LogP contribution in [0.4, 0.5) is 5.69 Å². The van der Waals surface area contributed by atoms with Gasteiger partial charge in [-0.15, -0.1) is 0 Å². The third-order valence-electron chi connectivity index (χ3n) is 5.05. The fourth-order valence-electron chi connectivity index (χ4n) is 3.69. The molecule has 1 amide bonds. The predicted molar refractivity (Wildman–Crippen MR) is 107 cm³/mol. The van der Waals surface area contributed by atoms with Gasteiger partial charge >= 0.3 is 0 Å². The van der Waals surface area contributed by atoms with Crippen molar-refractivity contribution < 1.29 is 4.79 Å². The van der Waals surface area contributed by atoms with Gasteiger partial charge in [0.2, 0.25) is 5.91 Å². The van der Waals surface area contributed by atoms with Gasteiger partial charge < -0.3 is 15.6 Å². The van der Waals surface area contributed by atoms with Crippen molar-refractivity contribution >= 4 is 11.6 Å². The van der Waals surface area contributed by atoms with E-state index in [0.29, 0.717) is 13.0 Å². The first-order chi connectivity index (χ1) is 13.2. The van der Waals surface area contributed by atoms with Crippen molar-refractivity contribution in [2.75, 3.05) is 11.9 Å². The second kappa shape index (κ2) is 7.66. The quantitative estimate of drug-likeness (QED) is 0.710. The van der Waals surface area contributed by atoms with Crippen molar-refractivity contribution in [2.45, 2.75) is 32.2 Å². The minimum atomic E-state index is -0.335. The van der Waals surface area contributed by atoms with Gasteiger partial charge in [-0.1, -0.05) is 42.5 Å². The number of aryl methyl sites for hydroxylation is 1. The minimum Gasteiger partial charge on any atom is -0.385 e. The number of benzene rings is 2. The Morgan fingerprint density at radius 2 is 2.00 bits per heavy atom. The highest BCUT2D eigenvalue weighted by Gasteiger charge is 2.15. The van der Waals surface area contributed by atoms with E-state index in [1.165, 1.54) is 28.8 Å². The maximum atomic E-state index is 11.6. The Morgan fingerprint density at radius 1 is 1.15 bits per heavy atom. The average Bonchev–Trinajstić information content (AvgIpc) is 3.03. The monoisotopic (exact) mass is 360 g/mol. The van der Waals surface area contributed by atoms with Crippen LogP contribution in [-0.4, -0.2) is 22.0 Å². The SMILES string of the molecule is NC(=O)Cc1c(Cc2ccccc2)ncn1Cc1ccc2c(c1)NCCC2. The molecule has 0 spiro atoms. The molecular weight excluding hydrogens is 336 g/mol. The number of carbonyl (C=O) groups is 1. The summed E-state index contributed by atoms with van der Waals surface area (Å²) in [5, 5.41) is 3.47. The Balaban J connectivity index is 1.61. The van der Waals surface area contributed by atoms with Crippen LogP contribution in [0, 0.1) is 0 Å². The van der Waals surface area contributed by atoms with Crippen LogP contribution in [0.2, 0.25) is 0 Å². The van der Waals surface area contributed by atoms with Gasteiger partial charge in [-0.05, 0) is 35.6 Å². The third kappa shape index (κ3) is 4.03. The molecule has 27 heavy (non-hydrogen) atoms. The van der Waals surface area contributed by atoms with E-state index in [0.717, 1.165) is 24.4 Å². The summed E-state index contributed by atoms with van der Waals surface area (Å²) < 4.78 is 2.05. The van der Waals surface area contributed by atoms with Crippen molar-refractivity contribution in [2.24, 2.45) is 5.73 Å². The van der Waals surface area contributed by atoms with Crippen LogP contribution in [0.3, 0.4) is 0 Å². The molecule has 0 fully saturated rings. The van der Waals surface area contributed by atoms with Crippen molar-refractivity contribution in [1.29, 1.82) is 0 Å². The number of carbonyl (C=O) groups excluding carboxylic acids is 1. The molecule has 0 aliphatic carbocycles. The summed E-state index contributed by atoms with van der Waals surface area (Å²) in [4.78, 5) is 16.2. The number of hydrogen-bond donors (Lipinski definition) is 2. The molecule has 3 aromatic rings. The zero-order valence-corrected chi connectivity index (χ0v) is 15.3. The number of anilines is 1. The smallest absolute Gasteiger partial charge is 0.223 e. The Hall–Kier alpha value is -3.08. The summed E-state index contributed by atoms with van der Waals surface area (Å²) in [6.07, 6.45) is 5.03. The van der Waals surface area contributed by atoms with Gasteiger partial charge in [0.1, 0.15) is 0 Å². The fraction of sp³-hybridized carbons (Fsp3) is 0.273. The largest absolute Gasteiger partial charge is 0.385 e. The van der Waals surface area contributed by atoms with E-state index in [1.54, 1.807) is 0 Å². The van der Waals surface area contributed by atoms with Crippen LogP contribution in [0.1, 0.15) is 34.5 Å². The molecule has 0 atom stereocenters. The lowest BCUT2D eigenvalue weighted by Gasteiger charge is -2.19. The summed E-state index contributed by atoms with van der Waals surface area (Å²) in [5.41, 5.74) is 12.3. The standard InChI is InChI=1S/C22H24N4O/c23-22(27)13-21-20(11-16-5-2-1-3-6-16)25-15-26(21)14-17-8-9-18-7-4-10-24-19(18)12-17/h1-3,5-6,8-9,12,15,24H,4,7,10-11,13-14H2,(H2,23,27). The first-order valence-electron chi connectivity index (χ1n) is 9.40. The van der Waals surface area contributed by atoms with Crippen LogP contribution < -0.4 is 11.1 Å². The van der Waals surface area contributed by atoms with Gasteiger partial charge in [0.25, 0.3) is 0 Å². The topological polar surface area (TPSA) is 72.9 Å². The lowest BCUT2D eigenvalue weighted by molar-refractivity contribution is -0.117. The number of primary amides is 1.